The first kappa shape index (κ1) is 19.9. The molecule has 146 valence electrons. The van der Waals surface area contributed by atoms with Crippen LogP contribution < -0.4 is 0 Å². The number of aliphatic hydroxyl groups is 1. The average molecular weight is 383 g/mol. The van der Waals surface area contributed by atoms with Gasteiger partial charge in [-0.25, -0.2) is 4.79 Å². The van der Waals surface area contributed by atoms with E-state index in [0.29, 0.717) is 6.61 Å². The van der Waals surface area contributed by atoms with Crippen molar-refractivity contribution in [2.24, 2.45) is 5.11 Å². The fourth-order valence-electron chi connectivity index (χ4n) is 2.97. The van der Waals surface area contributed by atoms with Crippen LogP contribution in [0.15, 0.2) is 65.8 Å². The van der Waals surface area contributed by atoms with E-state index in [2.05, 4.69) is 10.0 Å². The van der Waals surface area contributed by atoms with Crippen LogP contribution in [0.25, 0.3) is 10.4 Å². The molecule has 1 aliphatic rings. The van der Waals surface area contributed by atoms with Crippen molar-refractivity contribution in [2.75, 3.05) is 6.61 Å². The van der Waals surface area contributed by atoms with E-state index in [4.69, 9.17) is 19.7 Å². The highest BCUT2D eigenvalue weighted by Gasteiger charge is 2.48. The maximum atomic E-state index is 11.9. The van der Waals surface area contributed by atoms with Crippen LogP contribution in [0.3, 0.4) is 0 Å². The van der Waals surface area contributed by atoms with Crippen LogP contribution in [0.4, 0.5) is 0 Å². The van der Waals surface area contributed by atoms with E-state index in [-0.39, 0.29) is 13.2 Å². The van der Waals surface area contributed by atoms with Gasteiger partial charge in [-0.05, 0) is 16.7 Å². The van der Waals surface area contributed by atoms with E-state index >= 15 is 0 Å². The lowest BCUT2D eigenvalue weighted by Gasteiger charge is -2.24. The molecule has 4 atom stereocenters. The lowest BCUT2D eigenvalue weighted by Crippen LogP contribution is -2.41. The van der Waals surface area contributed by atoms with E-state index in [1.807, 2.05) is 60.7 Å². The lowest BCUT2D eigenvalue weighted by atomic mass is 10.0. The first-order chi connectivity index (χ1) is 13.7. The Morgan fingerprint density at radius 2 is 1.68 bits per heavy atom. The summed E-state index contributed by atoms with van der Waals surface area (Å²) in [5.74, 6) is -0.802. The number of carbonyl (C=O) groups excluding carboxylic acids is 1. The summed E-state index contributed by atoms with van der Waals surface area (Å²) in [4.78, 5) is 14.7. The van der Waals surface area contributed by atoms with Crippen molar-refractivity contribution >= 4 is 5.97 Å². The number of hydrogen-bond acceptors (Lipinski definition) is 6. The molecule has 0 radical (unpaired) electrons. The van der Waals surface area contributed by atoms with Crippen LogP contribution in [0, 0.1) is 0 Å². The second kappa shape index (κ2) is 9.87. The van der Waals surface area contributed by atoms with Gasteiger partial charge < -0.3 is 19.3 Å². The summed E-state index contributed by atoms with van der Waals surface area (Å²) in [5, 5.41) is 13.8. The van der Waals surface area contributed by atoms with E-state index in [1.54, 1.807) is 0 Å². The number of benzene rings is 2. The summed E-state index contributed by atoms with van der Waals surface area (Å²) in [7, 11) is 0. The van der Waals surface area contributed by atoms with Gasteiger partial charge in [-0.15, -0.1) is 0 Å². The zero-order valence-electron chi connectivity index (χ0n) is 15.1. The van der Waals surface area contributed by atoms with Crippen molar-refractivity contribution in [3.05, 3.63) is 82.2 Å². The second-order valence-corrected chi connectivity index (χ2v) is 6.38. The van der Waals surface area contributed by atoms with Crippen molar-refractivity contribution in [2.45, 2.75) is 37.6 Å². The predicted octanol–water partition coefficient (Wildman–Crippen LogP) is 2.75. The van der Waals surface area contributed by atoms with Gasteiger partial charge in [0.1, 0.15) is 18.2 Å². The first-order valence-electron chi connectivity index (χ1n) is 8.89. The van der Waals surface area contributed by atoms with E-state index in [1.165, 1.54) is 0 Å². The predicted molar refractivity (Wildman–Crippen MR) is 99.9 cm³/mol. The minimum Gasteiger partial charge on any atom is -0.457 e. The van der Waals surface area contributed by atoms with Gasteiger partial charge in [0, 0.05) is 4.91 Å². The minimum absolute atomic E-state index is 0.0226. The van der Waals surface area contributed by atoms with Crippen LogP contribution >= 0.6 is 0 Å². The Bertz CT molecular complexity index is 811. The second-order valence-electron chi connectivity index (χ2n) is 6.38. The molecule has 0 saturated carbocycles. The van der Waals surface area contributed by atoms with Gasteiger partial charge in [0.2, 0.25) is 0 Å². The summed E-state index contributed by atoms with van der Waals surface area (Å²) < 4.78 is 16.6. The maximum Gasteiger partial charge on any atom is 0.338 e. The summed E-state index contributed by atoms with van der Waals surface area (Å²) in [6.45, 7) is 0.523. The highest BCUT2D eigenvalue weighted by atomic mass is 16.6. The highest BCUT2D eigenvalue weighted by molar-refractivity contribution is 5.78. The van der Waals surface area contributed by atoms with Crippen molar-refractivity contribution < 1.29 is 24.1 Å². The SMILES string of the molecule is [N-]=[N+]=N[C@@H](COCc1ccccc1)[C@@H]1OC(=O)[C@H](O)[C@H]1OCc1ccccc1. The monoisotopic (exact) mass is 383 g/mol. The number of rotatable bonds is 9. The number of ether oxygens (including phenoxy) is 3. The van der Waals surface area contributed by atoms with Crippen LogP contribution in [0.5, 0.6) is 0 Å². The third-order valence-corrected chi connectivity index (χ3v) is 4.39. The average Bonchev–Trinajstić information content (AvgIpc) is 3.01. The number of carbonyl (C=O) groups is 1. The standard InChI is InChI=1S/C20H21N3O5/c21-23-22-16(13-26-11-14-7-3-1-4-8-14)18-19(17(24)20(25)28-18)27-12-15-9-5-2-6-10-15/h1-10,16-19,24H,11-13H2/t16-,17+,18-,19+/m0/s1. The van der Waals surface area contributed by atoms with Crippen LogP contribution in [-0.4, -0.2) is 42.0 Å². The van der Waals surface area contributed by atoms with Crippen molar-refractivity contribution in [1.82, 2.24) is 0 Å². The molecule has 1 fully saturated rings. The molecule has 3 rings (SSSR count). The Kier molecular flexibility index (Phi) is 7.00. The molecule has 0 aromatic heterocycles. The maximum absolute atomic E-state index is 11.9. The minimum atomic E-state index is -1.45. The van der Waals surface area contributed by atoms with Gasteiger partial charge in [-0.2, -0.15) is 0 Å². The van der Waals surface area contributed by atoms with Crippen molar-refractivity contribution in [1.29, 1.82) is 0 Å². The van der Waals surface area contributed by atoms with E-state index in [9.17, 15) is 9.90 Å². The number of esters is 1. The molecule has 1 heterocycles. The molecule has 0 bridgehead atoms. The normalized spacial score (nSPS) is 22.3. The molecule has 1 aliphatic heterocycles. The Hall–Kier alpha value is -2.90. The summed E-state index contributed by atoms with van der Waals surface area (Å²) >= 11 is 0. The molecule has 8 heteroatoms. The Labute approximate surface area is 162 Å². The van der Waals surface area contributed by atoms with E-state index in [0.717, 1.165) is 11.1 Å². The third-order valence-electron chi connectivity index (χ3n) is 4.39. The molecule has 28 heavy (non-hydrogen) atoms. The van der Waals surface area contributed by atoms with Crippen molar-refractivity contribution in [3.63, 3.8) is 0 Å². The largest absolute Gasteiger partial charge is 0.457 e. The van der Waals surface area contributed by atoms with Gasteiger partial charge in [0.25, 0.3) is 0 Å². The molecule has 0 unspecified atom stereocenters. The molecule has 8 nitrogen and oxygen atoms in total. The number of hydrogen-bond donors (Lipinski definition) is 1. The third kappa shape index (κ3) is 5.09. The highest BCUT2D eigenvalue weighted by Crippen LogP contribution is 2.25. The molecule has 2 aromatic rings. The van der Waals surface area contributed by atoms with Crippen LogP contribution in [-0.2, 0) is 32.2 Å². The number of cyclic esters (lactones) is 1. The molecule has 1 saturated heterocycles. The zero-order chi connectivity index (χ0) is 19.8. The molecular formula is C20H21N3O5. The Morgan fingerprint density at radius 1 is 1.07 bits per heavy atom. The Morgan fingerprint density at radius 3 is 2.29 bits per heavy atom. The number of aliphatic hydroxyl groups excluding tert-OH is 1. The van der Waals surface area contributed by atoms with Gasteiger partial charge in [0.15, 0.2) is 6.10 Å². The topological polar surface area (TPSA) is 114 Å². The molecule has 0 amide bonds. The molecule has 0 aliphatic carbocycles. The van der Waals surface area contributed by atoms with Crippen LogP contribution in [0.1, 0.15) is 11.1 Å². The quantitative estimate of drug-likeness (QED) is 0.309. The van der Waals surface area contributed by atoms with Gasteiger partial charge in [-0.3, -0.25) is 0 Å². The van der Waals surface area contributed by atoms with Gasteiger partial charge in [0.05, 0.1) is 19.8 Å². The smallest absolute Gasteiger partial charge is 0.338 e. The molecule has 0 spiro atoms. The number of nitrogens with zero attached hydrogens (tertiary/aromatic N) is 3. The number of azide groups is 1. The summed E-state index contributed by atoms with van der Waals surface area (Å²) in [6.07, 6.45) is -3.33. The molecule has 1 N–H and O–H groups in total. The van der Waals surface area contributed by atoms with E-state index < -0.39 is 30.3 Å². The molecular weight excluding hydrogens is 362 g/mol. The van der Waals surface area contributed by atoms with Crippen molar-refractivity contribution in [3.8, 4) is 0 Å². The summed E-state index contributed by atoms with van der Waals surface area (Å²) in [5.41, 5.74) is 10.7. The summed E-state index contributed by atoms with van der Waals surface area (Å²) in [6, 6.07) is 18.0. The van der Waals surface area contributed by atoms with Gasteiger partial charge in [-0.1, -0.05) is 65.8 Å². The fraction of sp³-hybridized carbons (Fsp3) is 0.350. The fourth-order valence-corrected chi connectivity index (χ4v) is 2.97. The zero-order valence-corrected chi connectivity index (χ0v) is 15.1. The lowest BCUT2D eigenvalue weighted by molar-refractivity contribution is -0.148. The molecule has 2 aromatic carbocycles. The Balaban J connectivity index is 1.64. The first-order valence-corrected chi connectivity index (χ1v) is 8.89. The van der Waals surface area contributed by atoms with Crippen LogP contribution in [0.2, 0.25) is 0 Å². The van der Waals surface area contributed by atoms with Gasteiger partial charge >= 0.3 is 5.97 Å².